The van der Waals surface area contributed by atoms with E-state index in [9.17, 15) is 0 Å². The van der Waals surface area contributed by atoms with Crippen molar-refractivity contribution < 1.29 is 0 Å². The van der Waals surface area contributed by atoms with Crippen molar-refractivity contribution in [2.75, 3.05) is 0 Å². The van der Waals surface area contributed by atoms with Gasteiger partial charge in [-0.05, 0) is 47.4 Å². The third-order valence-electron chi connectivity index (χ3n) is 4.61. The lowest BCUT2D eigenvalue weighted by Gasteiger charge is -2.19. The van der Waals surface area contributed by atoms with Crippen molar-refractivity contribution in [3.05, 3.63) is 76.8 Å². The lowest BCUT2D eigenvalue weighted by molar-refractivity contribution is 0.591. The fraction of sp³-hybridized carbons (Fsp3) is 0.182. The monoisotopic (exact) mass is 377 g/mol. The van der Waals surface area contributed by atoms with Crippen LogP contribution in [0.5, 0.6) is 0 Å². The van der Waals surface area contributed by atoms with Gasteiger partial charge in [-0.3, -0.25) is 0 Å². The molecule has 0 aliphatic rings. The smallest absolute Gasteiger partial charge is 0.0552 e. The highest BCUT2D eigenvalue weighted by Gasteiger charge is 2.17. The summed E-state index contributed by atoms with van der Waals surface area (Å²) in [5.41, 5.74) is 5.19. The van der Waals surface area contributed by atoms with Crippen molar-refractivity contribution in [3.63, 3.8) is 0 Å². The van der Waals surface area contributed by atoms with E-state index in [0.717, 1.165) is 4.47 Å². The molecule has 0 fully saturated rings. The highest BCUT2D eigenvalue weighted by Crippen LogP contribution is 2.36. The van der Waals surface area contributed by atoms with E-state index in [4.69, 9.17) is 0 Å². The molecule has 1 heterocycles. The maximum absolute atomic E-state index is 3.63. The predicted octanol–water partition coefficient (Wildman–Crippen LogP) is 6.84. The second-order valence-corrected chi connectivity index (χ2v) is 8.23. The second-order valence-electron chi connectivity index (χ2n) is 7.31. The van der Waals surface area contributed by atoms with Crippen LogP contribution in [0.1, 0.15) is 26.3 Å². The minimum atomic E-state index is 0.144. The molecule has 2 heteroatoms. The molecule has 0 N–H and O–H groups in total. The van der Waals surface area contributed by atoms with Crippen molar-refractivity contribution in [3.8, 4) is 5.69 Å². The lowest BCUT2D eigenvalue weighted by Crippen LogP contribution is -2.10. The normalized spacial score (nSPS) is 12.2. The maximum Gasteiger partial charge on any atom is 0.0552 e. The number of halogens is 1. The molecular weight excluding hydrogens is 358 g/mol. The number of nitrogens with zero attached hydrogens (tertiary/aromatic N) is 1. The Balaban J connectivity index is 2.15. The zero-order valence-corrected chi connectivity index (χ0v) is 15.8. The Labute approximate surface area is 151 Å². The quantitative estimate of drug-likeness (QED) is 0.342. The van der Waals surface area contributed by atoms with Crippen LogP contribution in [0.4, 0.5) is 0 Å². The Morgan fingerprint density at radius 2 is 1.50 bits per heavy atom. The van der Waals surface area contributed by atoms with Crippen LogP contribution in [-0.4, -0.2) is 4.57 Å². The first-order chi connectivity index (χ1) is 11.4. The Kier molecular flexibility index (Phi) is 3.54. The van der Waals surface area contributed by atoms with Gasteiger partial charge in [0, 0.05) is 20.9 Å². The molecule has 0 amide bonds. The molecule has 0 radical (unpaired) electrons. The molecule has 4 aromatic rings. The topological polar surface area (TPSA) is 4.93 Å². The van der Waals surface area contributed by atoms with E-state index in [1.165, 1.54) is 33.1 Å². The minimum absolute atomic E-state index is 0.144. The highest BCUT2D eigenvalue weighted by molar-refractivity contribution is 9.10. The van der Waals surface area contributed by atoms with Crippen LogP contribution in [0.15, 0.2) is 71.2 Å². The Hall–Kier alpha value is -2.06. The standard InChI is InChI=1S/C22H20BrN/c1-22(2,3)15-9-12-20-19(13-15)18-11-10-16(23)14-21(18)24(20)17-7-5-4-6-8-17/h4-14H,1-3H3. The molecule has 1 nitrogen and oxygen atoms in total. The van der Waals surface area contributed by atoms with Crippen LogP contribution >= 0.6 is 15.9 Å². The third-order valence-corrected chi connectivity index (χ3v) is 5.10. The van der Waals surface area contributed by atoms with Gasteiger partial charge in [0.15, 0.2) is 0 Å². The molecule has 3 aromatic carbocycles. The van der Waals surface area contributed by atoms with Gasteiger partial charge in [-0.15, -0.1) is 0 Å². The van der Waals surface area contributed by atoms with Crippen molar-refractivity contribution in [2.24, 2.45) is 0 Å². The average molecular weight is 378 g/mol. The molecule has 0 spiro atoms. The molecule has 0 unspecified atom stereocenters. The van der Waals surface area contributed by atoms with Crippen LogP contribution in [0.2, 0.25) is 0 Å². The zero-order valence-electron chi connectivity index (χ0n) is 14.2. The maximum atomic E-state index is 3.63. The third kappa shape index (κ3) is 2.46. The Bertz CT molecular complexity index is 1040. The van der Waals surface area contributed by atoms with Gasteiger partial charge in [-0.2, -0.15) is 0 Å². The molecule has 4 rings (SSSR count). The van der Waals surface area contributed by atoms with Gasteiger partial charge in [0.05, 0.1) is 11.0 Å². The summed E-state index contributed by atoms with van der Waals surface area (Å²) in [6, 6.07) is 24.0. The Morgan fingerprint density at radius 3 is 2.21 bits per heavy atom. The summed E-state index contributed by atoms with van der Waals surface area (Å²) in [6.45, 7) is 6.80. The van der Waals surface area contributed by atoms with Crippen LogP contribution in [0.3, 0.4) is 0 Å². The van der Waals surface area contributed by atoms with Crippen molar-refractivity contribution in [1.82, 2.24) is 4.57 Å². The minimum Gasteiger partial charge on any atom is -0.309 e. The SMILES string of the molecule is CC(C)(C)c1ccc2c(c1)c1ccc(Br)cc1n2-c1ccccc1. The summed E-state index contributed by atoms with van der Waals surface area (Å²) in [5, 5.41) is 2.61. The number of benzene rings is 3. The predicted molar refractivity (Wildman–Crippen MR) is 107 cm³/mol. The largest absolute Gasteiger partial charge is 0.309 e. The number of hydrogen-bond donors (Lipinski definition) is 0. The fourth-order valence-corrected chi connectivity index (χ4v) is 3.66. The summed E-state index contributed by atoms with van der Waals surface area (Å²) in [6.07, 6.45) is 0. The molecule has 0 aliphatic carbocycles. The van der Waals surface area contributed by atoms with E-state index in [1.807, 2.05) is 0 Å². The van der Waals surface area contributed by atoms with Gasteiger partial charge >= 0.3 is 0 Å². The first-order valence-electron chi connectivity index (χ1n) is 8.25. The number of rotatable bonds is 1. The van der Waals surface area contributed by atoms with Gasteiger partial charge in [0.2, 0.25) is 0 Å². The number of hydrogen-bond acceptors (Lipinski definition) is 0. The van der Waals surface area contributed by atoms with E-state index in [-0.39, 0.29) is 5.41 Å². The van der Waals surface area contributed by atoms with Crippen LogP contribution in [-0.2, 0) is 5.41 Å². The molecule has 0 saturated heterocycles. The van der Waals surface area contributed by atoms with E-state index in [1.54, 1.807) is 0 Å². The molecule has 0 bridgehead atoms. The van der Waals surface area contributed by atoms with E-state index >= 15 is 0 Å². The van der Waals surface area contributed by atoms with Gasteiger partial charge in [-0.25, -0.2) is 0 Å². The number of para-hydroxylation sites is 1. The van der Waals surface area contributed by atoms with Gasteiger partial charge in [-0.1, -0.05) is 67.0 Å². The summed E-state index contributed by atoms with van der Waals surface area (Å²) in [5.74, 6) is 0. The summed E-state index contributed by atoms with van der Waals surface area (Å²) < 4.78 is 3.45. The van der Waals surface area contributed by atoms with Crippen molar-refractivity contribution >= 4 is 37.7 Å². The molecule has 1 aromatic heterocycles. The molecule has 0 atom stereocenters. The fourth-order valence-electron chi connectivity index (χ4n) is 3.32. The molecule has 0 saturated carbocycles. The van der Waals surface area contributed by atoms with E-state index in [2.05, 4.69) is 108 Å². The van der Waals surface area contributed by atoms with Gasteiger partial charge in [0.25, 0.3) is 0 Å². The van der Waals surface area contributed by atoms with E-state index < -0.39 is 0 Å². The van der Waals surface area contributed by atoms with Gasteiger partial charge in [0.1, 0.15) is 0 Å². The van der Waals surface area contributed by atoms with Crippen molar-refractivity contribution in [1.29, 1.82) is 0 Å². The number of aromatic nitrogens is 1. The first-order valence-corrected chi connectivity index (χ1v) is 9.04. The lowest BCUT2D eigenvalue weighted by atomic mass is 9.86. The molecule has 120 valence electrons. The summed E-state index contributed by atoms with van der Waals surface area (Å²) >= 11 is 3.63. The average Bonchev–Trinajstić information content (AvgIpc) is 2.87. The van der Waals surface area contributed by atoms with Crippen molar-refractivity contribution in [2.45, 2.75) is 26.2 Å². The van der Waals surface area contributed by atoms with Crippen LogP contribution in [0, 0.1) is 0 Å². The number of fused-ring (bicyclic) bond motifs is 3. The molecular formula is C22H20BrN. The van der Waals surface area contributed by atoms with E-state index in [0.29, 0.717) is 0 Å². The van der Waals surface area contributed by atoms with Crippen LogP contribution < -0.4 is 0 Å². The Morgan fingerprint density at radius 1 is 0.750 bits per heavy atom. The second kappa shape index (κ2) is 5.49. The summed E-state index contributed by atoms with van der Waals surface area (Å²) in [4.78, 5) is 0. The molecule has 24 heavy (non-hydrogen) atoms. The summed E-state index contributed by atoms with van der Waals surface area (Å²) in [7, 11) is 0. The molecule has 0 aliphatic heterocycles. The zero-order chi connectivity index (χ0) is 16.9. The van der Waals surface area contributed by atoms with Gasteiger partial charge < -0.3 is 4.57 Å². The van der Waals surface area contributed by atoms with Crippen LogP contribution in [0.25, 0.3) is 27.5 Å². The first kappa shape index (κ1) is 15.5. The highest BCUT2D eigenvalue weighted by atomic mass is 79.9.